The summed E-state index contributed by atoms with van der Waals surface area (Å²) < 4.78 is 102. The van der Waals surface area contributed by atoms with Crippen molar-refractivity contribution in [1.29, 1.82) is 0 Å². The minimum Gasteiger partial charge on any atom is -0.507 e. The monoisotopic (exact) mass is 901 g/mol. The van der Waals surface area contributed by atoms with Gasteiger partial charge in [0.15, 0.2) is 11.5 Å². The smallest absolute Gasteiger partial charge is 0.296 e. The SMILES string of the molecule is O=C(Nc1ccc2c(O)c(N=Nc3ccc(-c4ccc(N=Nc5c(S(=O)(=O)O)cc6cc(S(=O)(=O)O)cc(O)c6c5O)c(O)c4)cc3O)c(S(=O)(=O)O)cc2c1)c1ccccc1. The molecule has 0 saturated heterocycles. The van der Waals surface area contributed by atoms with Gasteiger partial charge in [0.05, 0.1) is 10.3 Å². The number of carbonyl (C=O) groups excluding carboxylic acids is 1. The lowest BCUT2D eigenvalue weighted by Gasteiger charge is -2.11. The molecule has 0 radical (unpaired) electrons. The van der Waals surface area contributed by atoms with Crippen molar-refractivity contribution in [3.05, 3.63) is 115 Å². The number of phenols is 5. The van der Waals surface area contributed by atoms with Gasteiger partial charge in [-0.25, -0.2) is 0 Å². The van der Waals surface area contributed by atoms with E-state index in [9.17, 15) is 69.2 Å². The number of anilines is 1. The Morgan fingerprint density at radius 3 is 1.55 bits per heavy atom. The lowest BCUT2D eigenvalue weighted by molar-refractivity contribution is 0.102. The molecule has 23 heteroatoms. The highest BCUT2D eigenvalue weighted by molar-refractivity contribution is 7.86. The number of azo groups is 2. The first-order valence-electron chi connectivity index (χ1n) is 17.2. The number of benzene rings is 7. The average Bonchev–Trinajstić information content (AvgIpc) is 3.19. The number of fused-ring (bicyclic) bond motifs is 2. The molecule has 1 amide bonds. The molecule has 7 aromatic carbocycles. The summed E-state index contributed by atoms with van der Waals surface area (Å²) in [6, 6.07) is 23.0. The number of nitrogens with one attached hydrogen (secondary N) is 1. The number of hydrogen-bond acceptors (Lipinski definition) is 16. The summed E-state index contributed by atoms with van der Waals surface area (Å²) in [6.45, 7) is 0. The fraction of sp³-hybridized carbons (Fsp3) is 0. The van der Waals surface area contributed by atoms with Crippen molar-refractivity contribution < 1.29 is 69.2 Å². The Bertz CT molecular complexity index is 3440. The third kappa shape index (κ3) is 8.55. The van der Waals surface area contributed by atoms with E-state index in [4.69, 9.17) is 0 Å². The van der Waals surface area contributed by atoms with Crippen LogP contribution in [-0.4, -0.2) is 70.4 Å². The van der Waals surface area contributed by atoms with E-state index in [0.29, 0.717) is 17.7 Å². The molecule has 0 aliphatic heterocycles. The maximum atomic E-state index is 12.6. The predicted molar refractivity (Wildman–Crippen MR) is 220 cm³/mol. The summed E-state index contributed by atoms with van der Waals surface area (Å²) in [5, 5.41) is 70.9. The molecule has 0 fully saturated rings. The third-order valence-electron chi connectivity index (χ3n) is 9.10. The third-order valence-corrected chi connectivity index (χ3v) is 11.7. The largest absolute Gasteiger partial charge is 0.507 e. The Hall–Kier alpha value is -7.54. The Balaban J connectivity index is 1.16. The van der Waals surface area contributed by atoms with Gasteiger partial charge >= 0.3 is 0 Å². The molecular formula is C39H27N5O15S3. The lowest BCUT2D eigenvalue weighted by Crippen LogP contribution is -2.11. The van der Waals surface area contributed by atoms with Gasteiger partial charge in [0.2, 0.25) is 0 Å². The molecule has 7 aromatic rings. The highest BCUT2D eigenvalue weighted by atomic mass is 32.2. The molecule has 316 valence electrons. The highest BCUT2D eigenvalue weighted by Crippen LogP contribution is 2.47. The normalized spacial score (nSPS) is 12.4. The number of carbonyl (C=O) groups is 1. The second-order valence-electron chi connectivity index (χ2n) is 13.2. The minimum atomic E-state index is -5.20. The van der Waals surface area contributed by atoms with Crippen molar-refractivity contribution in [2.75, 3.05) is 5.32 Å². The van der Waals surface area contributed by atoms with Crippen LogP contribution in [0.4, 0.5) is 28.4 Å². The van der Waals surface area contributed by atoms with Crippen LogP contribution < -0.4 is 5.32 Å². The van der Waals surface area contributed by atoms with Crippen LogP contribution in [0.15, 0.2) is 144 Å². The van der Waals surface area contributed by atoms with E-state index in [-0.39, 0.29) is 39.0 Å². The predicted octanol–water partition coefficient (Wildman–Crippen LogP) is 8.01. The van der Waals surface area contributed by atoms with Gasteiger partial charge in [0.25, 0.3) is 36.3 Å². The van der Waals surface area contributed by atoms with Gasteiger partial charge < -0.3 is 30.8 Å². The van der Waals surface area contributed by atoms with E-state index in [0.717, 1.165) is 18.2 Å². The van der Waals surface area contributed by atoms with E-state index in [1.165, 1.54) is 48.5 Å². The van der Waals surface area contributed by atoms with E-state index in [2.05, 4.69) is 25.8 Å². The van der Waals surface area contributed by atoms with Crippen LogP contribution >= 0.6 is 0 Å². The van der Waals surface area contributed by atoms with E-state index in [1.807, 2.05) is 0 Å². The summed E-state index contributed by atoms with van der Waals surface area (Å²) in [5.74, 6) is -4.21. The Labute approximate surface area is 349 Å². The lowest BCUT2D eigenvalue weighted by atomic mass is 10.0. The minimum absolute atomic E-state index is 0.0792. The molecule has 0 bridgehead atoms. The van der Waals surface area contributed by atoms with Crippen LogP contribution in [0, 0.1) is 0 Å². The van der Waals surface area contributed by atoms with Crippen molar-refractivity contribution in [1.82, 2.24) is 0 Å². The van der Waals surface area contributed by atoms with Crippen molar-refractivity contribution in [2.24, 2.45) is 20.5 Å². The standard InChI is InChI=1S/C39H27N5O15S3/c45-29-14-20(21-7-11-28(30(46)15-21)42-44-36-33(62(57,58)59)17-23-13-25(60(51,52)53)18-31(47)34(23)38(36)49)6-10-27(29)41-43-35-32(61(54,55)56)16-22-12-24(8-9-26(22)37(35)48)40-39(50)19-4-2-1-3-5-19/h1-18,45-49H,(H,40,50)(H,51,52,53)(H,54,55,56)(H,57,58,59). The number of hydrogen-bond donors (Lipinski definition) is 9. The molecule has 0 aliphatic rings. The first-order chi connectivity index (χ1) is 29.1. The van der Waals surface area contributed by atoms with Crippen LogP contribution in [0.1, 0.15) is 10.4 Å². The van der Waals surface area contributed by atoms with E-state index in [1.54, 1.807) is 30.3 Å². The first kappa shape index (κ1) is 42.6. The summed E-state index contributed by atoms with van der Waals surface area (Å²) in [6.07, 6.45) is 0. The maximum Gasteiger partial charge on any atom is 0.296 e. The molecule has 0 atom stereocenters. The van der Waals surface area contributed by atoms with Crippen LogP contribution in [0.3, 0.4) is 0 Å². The summed E-state index contributed by atoms with van der Waals surface area (Å²) in [4.78, 5) is 9.88. The zero-order chi connectivity index (χ0) is 44.9. The fourth-order valence-electron chi connectivity index (χ4n) is 6.18. The molecule has 0 aliphatic carbocycles. The van der Waals surface area contributed by atoms with Crippen LogP contribution in [0.2, 0.25) is 0 Å². The second-order valence-corrected chi connectivity index (χ2v) is 17.4. The van der Waals surface area contributed by atoms with Gasteiger partial charge in [-0.2, -0.15) is 25.3 Å². The summed E-state index contributed by atoms with van der Waals surface area (Å²) in [5.41, 5.74) is -0.987. The van der Waals surface area contributed by atoms with Crippen molar-refractivity contribution in [2.45, 2.75) is 14.7 Å². The Morgan fingerprint density at radius 2 is 1.03 bits per heavy atom. The molecule has 7 rings (SSSR count). The zero-order valence-electron chi connectivity index (χ0n) is 30.8. The molecule has 0 spiro atoms. The van der Waals surface area contributed by atoms with Crippen molar-refractivity contribution >= 4 is 86.2 Å². The number of rotatable bonds is 10. The van der Waals surface area contributed by atoms with E-state index < -0.39 is 102 Å². The highest BCUT2D eigenvalue weighted by Gasteiger charge is 2.26. The molecule has 0 aromatic heterocycles. The maximum absolute atomic E-state index is 12.6. The quantitative estimate of drug-likeness (QED) is 0.0463. The molecule has 9 N–H and O–H groups in total. The second kappa shape index (κ2) is 15.8. The average molecular weight is 902 g/mol. The molecule has 20 nitrogen and oxygen atoms in total. The Kier molecular flexibility index (Phi) is 10.9. The van der Waals surface area contributed by atoms with Gasteiger partial charge in [-0.15, -0.1) is 20.5 Å². The number of nitrogens with zero attached hydrogens (tertiary/aromatic N) is 4. The number of phenolic OH excluding ortho intramolecular Hbond substituents is 5. The Morgan fingerprint density at radius 1 is 0.500 bits per heavy atom. The van der Waals surface area contributed by atoms with Gasteiger partial charge in [-0.05, 0) is 94.7 Å². The molecule has 62 heavy (non-hydrogen) atoms. The zero-order valence-corrected chi connectivity index (χ0v) is 33.3. The van der Waals surface area contributed by atoms with Gasteiger partial charge in [0, 0.05) is 22.7 Å². The van der Waals surface area contributed by atoms with Crippen LogP contribution in [0.25, 0.3) is 32.7 Å². The summed E-state index contributed by atoms with van der Waals surface area (Å²) >= 11 is 0. The first-order valence-corrected chi connectivity index (χ1v) is 21.5. The van der Waals surface area contributed by atoms with Crippen molar-refractivity contribution in [3.63, 3.8) is 0 Å². The number of aromatic hydroxyl groups is 5. The molecular weight excluding hydrogens is 875 g/mol. The van der Waals surface area contributed by atoms with Crippen molar-refractivity contribution in [3.8, 4) is 39.9 Å². The molecule has 0 heterocycles. The number of amides is 1. The fourth-order valence-corrected chi connectivity index (χ4v) is 8.03. The molecule has 0 unspecified atom stereocenters. The van der Waals surface area contributed by atoms with Crippen LogP contribution in [-0.2, 0) is 30.4 Å². The molecule has 0 saturated carbocycles. The van der Waals surface area contributed by atoms with E-state index >= 15 is 0 Å². The van der Waals surface area contributed by atoms with Gasteiger partial charge in [0.1, 0.15) is 49.8 Å². The summed E-state index contributed by atoms with van der Waals surface area (Å²) in [7, 11) is -15.1. The topological polar surface area (TPSA) is 343 Å². The van der Waals surface area contributed by atoms with Gasteiger partial charge in [-0.1, -0.05) is 30.3 Å². The van der Waals surface area contributed by atoms with Gasteiger partial charge in [-0.3, -0.25) is 18.5 Å². The van der Waals surface area contributed by atoms with Crippen LogP contribution in [0.5, 0.6) is 28.7 Å².